The van der Waals surface area contributed by atoms with Crippen LogP contribution < -0.4 is 19.7 Å². The smallest absolute Gasteiger partial charge is 0.322 e. The lowest BCUT2D eigenvalue weighted by atomic mass is 10.0. The van der Waals surface area contributed by atoms with Gasteiger partial charge in [0.25, 0.3) is 0 Å². The third-order valence-corrected chi connectivity index (χ3v) is 6.13. The number of hydrogen-bond acceptors (Lipinski definition) is 4. The molecule has 4 rings (SSSR count). The molecule has 6 heteroatoms. The Labute approximate surface area is 195 Å². The van der Waals surface area contributed by atoms with E-state index in [-0.39, 0.29) is 12.1 Å². The van der Waals surface area contributed by atoms with Gasteiger partial charge in [0.1, 0.15) is 11.5 Å². The molecule has 1 heterocycles. The van der Waals surface area contributed by atoms with Gasteiger partial charge in [0, 0.05) is 25.7 Å². The zero-order chi connectivity index (χ0) is 23.2. The highest BCUT2D eigenvalue weighted by Crippen LogP contribution is 2.39. The summed E-state index contributed by atoms with van der Waals surface area (Å²) in [6, 6.07) is 23.8. The van der Waals surface area contributed by atoms with E-state index in [2.05, 4.69) is 22.3 Å². The van der Waals surface area contributed by atoms with Crippen molar-refractivity contribution >= 4 is 17.4 Å². The van der Waals surface area contributed by atoms with E-state index >= 15 is 0 Å². The second-order valence-corrected chi connectivity index (χ2v) is 8.25. The van der Waals surface area contributed by atoms with E-state index in [1.807, 2.05) is 72.6 Å². The second-order valence-electron chi connectivity index (χ2n) is 8.25. The number of carbonyl (C=O) groups excluding carboxylic acids is 1. The summed E-state index contributed by atoms with van der Waals surface area (Å²) in [6.07, 6.45) is 1.82. The number of rotatable bonds is 7. The fourth-order valence-electron chi connectivity index (χ4n) is 4.47. The SMILES string of the molecule is COc1ccc(OC)c(C2CCCN2C(=O)Nc2ccccc2N(C)Cc2ccccc2)c1. The zero-order valence-corrected chi connectivity index (χ0v) is 19.5. The largest absolute Gasteiger partial charge is 0.497 e. The Bertz CT molecular complexity index is 1090. The third-order valence-electron chi connectivity index (χ3n) is 6.13. The van der Waals surface area contributed by atoms with E-state index in [4.69, 9.17) is 9.47 Å². The number of amides is 2. The number of anilines is 2. The van der Waals surface area contributed by atoms with Gasteiger partial charge in [-0.3, -0.25) is 0 Å². The van der Waals surface area contributed by atoms with Crippen molar-refractivity contribution in [2.45, 2.75) is 25.4 Å². The fraction of sp³-hybridized carbons (Fsp3) is 0.296. The van der Waals surface area contributed by atoms with Crippen LogP contribution in [0.3, 0.4) is 0 Å². The predicted molar refractivity (Wildman–Crippen MR) is 132 cm³/mol. The van der Waals surface area contributed by atoms with E-state index in [0.717, 1.165) is 47.8 Å². The number of urea groups is 1. The van der Waals surface area contributed by atoms with Crippen LogP contribution in [0.4, 0.5) is 16.2 Å². The number of para-hydroxylation sites is 2. The molecule has 172 valence electrons. The molecule has 0 saturated carbocycles. The average molecular weight is 446 g/mol. The van der Waals surface area contributed by atoms with Crippen LogP contribution >= 0.6 is 0 Å². The predicted octanol–water partition coefficient (Wildman–Crippen LogP) is 5.71. The summed E-state index contributed by atoms with van der Waals surface area (Å²) in [5.41, 5.74) is 3.96. The Morgan fingerprint density at radius 1 is 1.03 bits per heavy atom. The molecular weight excluding hydrogens is 414 g/mol. The lowest BCUT2D eigenvalue weighted by Gasteiger charge is -2.28. The fourth-order valence-corrected chi connectivity index (χ4v) is 4.47. The molecule has 1 aliphatic heterocycles. The molecule has 0 radical (unpaired) electrons. The quantitative estimate of drug-likeness (QED) is 0.506. The molecule has 1 fully saturated rings. The molecule has 33 heavy (non-hydrogen) atoms. The standard InChI is InChI=1S/C27H31N3O3/c1-29(19-20-10-5-4-6-11-20)25-13-8-7-12-23(25)28-27(31)30-17-9-14-24(30)22-18-21(32-2)15-16-26(22)33-3/h4-8,10-13,15-16,18,24H,9,14,17,19H2,1-3H3,(H,28,31). The summed E-state index contributed by atoms with van der Waals surface area (Å²) in [4.78, 5) is 17.5. The molecule has 6 nitrogen and oxygen atoms in total. The molecule has 3 aromatic carbocycles. The molecule has 0 bridgehead atoms. The molecule has 0 spiro atoms. The molecule has 3 aromatic rings. The molecule has 1 saturated heterocycles. The number of methoxy groups -OCH3 is 2. The van der Waals surface area contributed by atoms with Crippen LogP contribution in [0, 0.1) is 0 Å². The van der Waals surface area contributed by atoms with E-state index in [1.54, 1.807) is 14.2 Å². The first kappa shape index (κ1) is 22.5. The van der Waals surface area contributed by atoms with E-state index in [0.29, 0.717) is 6.54 Å². The molecule has 1 aliphatic rings. The van der Waals surface area contributed by atoms with Crippen molar-refractivity contribution in [1.82, 2.24) is 4.90 Å². The summed E-state index contributed by atoms with van der Waals surface area (Å²) in [5, 5.41) is 3.16. The van der Waals surface area contributed by atoms with Crippen molar-refractivity contribution in [3.05, 3.63) is 83.9 Å². The molecule has 0 aromatic heterocycles. The van der Waals surface area contributed by atoms with Crippen molar-refractivity contribution in [3.8, 4) is 11.5 Å². The summed E-state index contributed by atoms with van der Waals surface area (Å²) in [7, 11) is 5.34. The van der Waals surface area contributed by atoms with E-state index < -0.39 is 0 Å². The highest BCUT2D eigenvalue weighted by molar-refractivity contribution is 5.93. The Balaban J connectivity index is 1.54. The maximum absolute atomic E-state index is 13.4. The summed E-state index contributed by atoms with van der Waals surface area (Å²) in [5.74, 6) is 1.52. The lowest BCUT2D eigenvalue weighted by molar-refractivity contribution is 0.206. The zero-order valence-electron chi connectivity index (χ0n) is 19.5. The molecule has 0 aliphatic carbocycles. The van der Waals surface area contributed by atoms with Crippen molar-refractivity contribution in [2.75, 3.05) is 38.0 Å². The number of benzene rings is 3. The lowest BCUT2D eigenvalue weighted by Crippen LogP contribution is -2.35. The molecule has 1 N–H and O–H groups in total. The minimum absolute atomic E-state index is 0.0655. The van der Waals surface area contributed by atoms with Crippen molar-refractivity contribution in [3.63, 3.8) is 0 Å². The maximum Gasteiger partial charge on any atom is 0.322 e. The van der Waals surface area contributed by atoms with E-state index in [1.165, 1.54) is 5.56 Å². The molecule has 1 atom stereocenters. The Kier molecular flexibility index (Phi) is 7.03. The number of nitrogens with one attached hydrogen (secondary N) is 1. The van der Waals surface area contributed by atoms with Gasteiger partial charge in [-0.05, 0) is 48.7 Å². The Morgan fingerprint density at radius 3 is 2.55 bits per heavy atom. The highest BCUT2D eigenvalue weighted by atomic mass is 16.5. The number of ether oxygens (including phenoxy) is 2. The third kappa shape index (κ3) is 5.06. The van der Waals surface area contributed by atoms with Crippen molar-refractivity contribution < 1.29 is 14.3 Å². The van der Waals surface area contributed by atoms with Gasteiger partial charge < -0.3 is 24.6 Å². The van der Waals surface area contributed by atoms with Crippen LogP contribution in [0.25, 0.3) is 0 Å². The first-order valence-corrected chi connectivity index (χ1v) is 11.2. The average Bonchev–Trinajstić information content (AvgIpc) is 3.34. The van der Waals surface area contributed by atoms with Crippen LogP contribution in [-0.4, -0.2) is 38.7 Å². The molecule has 2 amide bonds. The number of carbonyl (C=O) groups is 1. The minimum Gasteiger partial charge on any atom is -0.497 e. The van der Waals surface area contributed by atoms with Gasteiger partial charge >= 0.3 is 6.03 Å². The van der Waals surface area contributed by atoms with Gasteiger partial charge in [-0.1, -0.05) is 42.5 Å². The van der Waals surface area contributed by atoms with Gasteiger partial charge in [0.2, 0.25) is 0 Å². The monoisotopic (exact) mass is 445 g/mol. The van der Waals surface area contributed by atoms with E-state index in [9.17, 15) is 4.79 Å². The van der Waals surface area contributed by atoms with Crippen molar-refractivity contribution in [1.29, 1.82) is 0 Å². The maximum atomic E-state index is 13.4. The first-order valence-electron chi connectivity index (χ1n) is 11.2. The summed E-state index contributed by atoms with van der Waals surface area (Å²) < 4.78 is 11.0. The second kappa shape index (κ2) is 10.3. The Hall–Kier alpha value is -3.67. The number of likely N-dealkylation sites (tertiary alicyclic amines) is 1. The molecule has 1 unspecified atom stereocenters. The van der Waals surface area contributed by atoms with Gasteiger partial charge in [-0.15, -0.1) is 0 Å². The summed E-state index contributed by atoms with van der Waals surface area (Å²) in [6.45, 7) is 1.44. The number of nitrogens with zero attached hydrogens (tertiary/aromatic N) is 2. The van der Waals surface area contributed by atoms with Gasteiger partial charge in [0.15, 0.2) is 0 Å². The number of hydrogen-bond donors (Lipinski definition) is 1. The van der Waals surface area contributed by atoms with Crippen molar-refractivity contribution in [2.24, 2.45) is 0 Å². The van der Waals surface area contributed by atoms with Gasteiger partial charge in [-0.25, -0.2) is 4.79 Å². The van der Waals surface area contributed by atoms with Gasteiger partial charge in [-0.2, -0.15) is 0 Å². The van der Waals surface area contributed by atoms with Crippen LogP contribution in [0.5, 0.6) is 11.5 Å². The molecular formula is C27H31N3O3. The topological polar surface area (TPSA) is 54.0 Å². The minimum atomic E-state index is -0.108. The normalized spacial score (nSPS) is 15.2. The van der Waals surface area contributed by atoms with Crippen LogP contribution in [0.1, 0.15) is 30.0 Å². The van der Waals surface area contributed by atoms with Crippen LogP contribution in [0.15, 0.2) is 72.8 Å². The van der Waals surface area contributed by atoms with Gasteiger partial charge in [0.05, 0.1) is 31.6 Å². The summed E-state index contributed by atoms with van der Waals surface area (Å²) >= 11 is 0. The highest BCUT2D eigenvalue weighted by Gasteiger charge is 2.32. The van der Waals surface area contributed by atoms with Crippen LogP contribution in [-0.2, 0) is 6.54 Å². The first-order chi connectivity index (χ1) is 16.1. The van der Waals surface area contributed by atoms with Crippen LogP contribution in [0.2, 0.25) is 0 Å². The Morgan fingerprint density at radius 2 is 1.79 bits per heavy atom.